The lowest BCUT2D eigenvalue weighted by Crippen LogP contribution is -2.49. The standard InChI is InChI=1S/C21H27F2N5O3/c1-13-5-6-17(18(8-13)30-2)31-11-19(29)27-7-3-4-14(10-27)15-9-16(20(22)23)28-21(26-15)24-12-25-28/h5-6,8,12,14-16,20H,3-4,7,9-11H2,1-2H3,(H,24,25,26)/t14?,15-,16+/m0/s1. The van der Waals surface area contributed by atoms with E-state index in [1.54, 1.807) is 18.1 Å². The van der Waals surface area contributed by atoms with Gasteiger partial charge in [0.1, 0.15) is 12.4 Å². The maximum Gasteiger partial charge on any atom is 0.260 e. The smallest absolute Gasteiger partial charge is 0.260 e. The molecule has 2 aliphatic rings. The molecule has 1 fully saturated rings. The number of nitrogens with zero attached hydrogens (tertiary/aromatic N) is 4. The first-order valence-electron chi connectivity index (χ1n) is 10.5. The molecule has 1 aromatic carbocycles. The molecule has 2 aliphatic heterocycles. The van der Waals surface area contributed by atoms with E-state index in [0.717, 1.165) is 18.4 Å². The number of ether oxygens (including phenoxy) is 2. The van der Waals surface area contributed by atoms with Crippen LogP contribution in [-0.2, 0) is 4.79 Å². The van der Waals surface area contributed by atoms with Crippen LogP contribution < -0.4 is 14.8 Å². The Morgan fingerprint density at radius 1 is 1.35 bits per heavy atom. The van der Waals surface area contributed by atoms with Crippen LogP contribution in [0.25, 0.3) is 0 Å². The van der Waals surface area contributed by atoms with Gasteiger partial charge in [-0.1, -0.05) is 6.07 Å². The van der Waals surface area contributed by atoms with Crippen LogP contribution in [0.2, 0.25) is 0 Å². The fourth-order valence-corrected chi connectivity index (χ4v) is 4.39. The van der Waals surface area contributed by atoms with Crippen molar-refractivity contribution in [3.8, 4) is 11.5 Å². The van der Waals surface area contributed by atoms with E-state index in [1.165, 1.54) is 11.0 Å². The Hall–Kier alpha value is -2.91. The highest BCUT2D eigenvalue weighted by atomic mass is 19.3. The zero-order chi connectivity index (χ0) is 22.0. The monoisotopic (exact) mass is 435 g/mol. The van der Waals surface area contributed by atoms with Gasteiger partial charge in [-0.25, -0.2) is 13.5 Å². The number of hydrogen-bond donors (Lipinski definition) is 1. The van der Waals surface area contributed by atoms with Crippen molar-refractivity contribution in [1.29, 1.82) is 0 Å². The second-order valence-electron chi connectivity index (χ2n) is 8.10. The number of methoxy groups -OCH3 is 1. The number of carbonyl (C=O) groups is 1. The van der Waals surface area contributed by atoms with Crippen LogP contribution in [0, 0.1) is 12.8 Å². The van der Waals surface area contributed by atoms with Crippen molar-refractivity contribution in [3.05, 3.63) is 30.1 Å². The molecule has 1 saturated heterocycles. The molecule has 2 aromatic rings. The lowest BCUT2D eigenvalue weighted by atomic mass is 9.86. The highest BCUT2D eigenvalue weighted by Crippen LogP contribution is 2.35. The van der Waals surface area contributed by atoms with E-state index in [-0.39, 0.29) is 30.9 Å². The number of rotatable bonds is 6. The summed E-state index contributed by atoms with van der Waals surface area (Å²) >= 11 is 0. The average Bonchev–Trinajstić information content (AvgIpc) is 3.26. The average molecular weight is 435 g/mol. The van der Waals surface area contributed by atoms with Gasteiger partial charge in [0.05, 0.1) is 7.11 Å². The molecule has 3 heterocycles. The van der Waals surface area contributed by atoms with Gasteiger partial charge < -0.3 is 19.7 Å². The van der Waals surface area contributed by atoms with E-state index in [0.29, 0.717) is 30.5 Å². The van der Waals surface area contributed by atoms with Crippen LogP contribution >= 0.6 is 0 Å². The molecule has 0 aliphatic carbocycles. The van der Waals surface area contributed by atoms with Gasteiger partial charge >= 0.3 is 0 Å². The minimum absolute atomic E-state index is 0.0540. The zero-order valence-electron chi connectivity index (χ0n) is 17.6. The Morgan fingerprint density at radius 2 is 2.19 bits per heavy atom. The Bertz CT molecular complexity index is 922. The molecule has 0 radical (unpaired) electrons. The molecule has 168 valence electrons. The summed E-state index contributed by atoms with van der Waals surface area (Å²) in [6.07, 6.45) is 0.682. The number of piperidine rings is 1. The number of benzene rings is 1. The van der Waals surface area contributed by atoms with Crippen molar-refractivity contribution in [2.45, 2.75) is 44.7 Å². The van der Waals surface area contributed by atoms with Crippen LogP contribution in [0.4, 0.5) is 14.7 Å². The number of aromatic nitrogens is 3. The number of anilines is 1. The topological polar surface area (TPSA) is 81.5 Å². The number of aryl methyl sites for hydroxylation is 1. The quantitative estimate of drug-likeness (QED) is 0.752. The molecule has 1 aromatic heterocycles. The summed E-state index contributed by atoms with van der Waals surface area (Å²) in [4.78, 5) is 18.6. The number of fused-ring (bicyclic) bond motifs is 1. The largest absolute Gasteiger partial charge is 0.493 e. The molecule has 1 N–H and O–H groups in total. The molecule has 10 heteroatoms. The minimum atomic E-state index is -2.52. The molecular formula is C21H27F2N5O3. The number of hydrogen-bond acceptors (Lipinski definition) is 6. The third kappa shape index (κ3) is 4.57. The molecule has 1 amide bonds. The Balaban J connectivity index is 1.38. The van der Waals surface area contributed by atoms with Gasteiger partial charge in [-0.05, 0) is 49.8 Å². The summed E-state index contributed by atoms with van der Waals surface area (Å²) in [6.45, 7) is 2.98. The zero-order valence-corrected chi connectivity index (χ0v) is 17.6. The first kappa shape index (κ1) is 21.3. The summed E-state index contributed by atoms with van der Waals surface area (Å²) in [5.74, 6) is 1.38. The molecule has 0 bridgehead atoms. The van der Waals surface area contributed by atoms with Crippen molar-refractivity contribution in [1.82, 2.24) is 19.7 Å². The Kier molecular flexibility index (Phi) is 6.24. The molecule has 0 saturated carbocycles. The third-order valence-electron chi connectivity index (χ3n) is 6.04. The number of alkyl halides is 2. The van der Waals surface area contributed by atoms with Crippen LogP contribution in [0.15, 0.2) is 24.5 Å². The molecule has 4 rings (SSSR count). The molecule has 3 atom stereocenters. The van der Waals surface area contributed by atoms with Crippen molar-refractivity contribution in [2.75, 3.05) is 32.1 Å². The van der Waals surface area contributed by atoms with Crippen LogP contribution in [0.5, 0.6) is 11.5 Å². The normalized spacial score (nSPS) is 23.3. The lowest BCUT2D eigenvalue weighted by Gasteiger charge is -2.40. The summed E-state index contributed by atoms with van der Waals surface area (Å²) in [5.41, 5.74) is 1.03. The minimum Gasteiger partial charge on any atom is -0.493 e. The number of halogens is 2. The highest BCUT2D eigenvalue weighted by Gasteiger charge is 2.39. The maximum atomic E-state index is 13.6. The van der Waals surface area contributed by atoms with Crippen LogP contribution in [0.3, 0.4) is 0 Å². The van der Waals surface area contributed by atoms with Crippen molar-refractivity contribution in [2.24, 2.45) is 5.92 Å². The highest BCUT2D eigenvalue weighted by molar-refractivity contribution is 5.78. The number of nitrogens with one attached hydrogen (secondary N) is 1. The van der Waals surface area contributed by atoms with Crippen LogP contribution in [-0.4, -0.2) is 64.8 Å². The second kappa shape index (κ2) is 9.07. The number of carbonyl (C=O) groups excluding carboxylic acids is 1. The molecule has 0 spiro atoms. The van der Waals surface area contributed by atoms with Crippen molar-refractivity contribution >= 4 is 11.9 Å². The first-order valence-corrected chi connectivity index (χ1v) is 10.5. The van der Waals surface area contributed by atoms with Gasteiger partial charge in [-0.15, -0.1) is 0 Å². The fourth-order valence-electron chi connectivity index (χ4n) is 4.39. The van der Waals surface area contributed by atoms with Gasteiger partial charge in [0, 0.05) is 19.1 Å². The van der Waals surface area contributed by atoms with Gasteiger partial charge in [-0.2, -0.15) is 10.1 Å². The molecule has 1 unspecified atom stereocenters. The Morgan fingerprint density at radius 3 is 2.97 bits per heavy atom. The lowest BCUT2D eigenvalue weighted by molar-refractivity contribution is -0.135. The van der Waals surface area contributed by atoms with Crippen molar-refractivity contribution < 1.29 is 23.0 Å². The van der Waals surface area contributed by atoms with Gasteiger partial charge in [-0.3, -0.25) is 4.79 Å². The van der Waals surface area contributed by atoms with Crippen LogP contribution in [0.1, 0.15) is 30.9 Å². The summed E-state index contributed by atoms with van der Waals surface area (Å²) in [7, 11) is 1.56. The summed E-state index contributed by atoms with van der Waals surface area (Å²) < 4.78 is 39.4. The molecule has 8 nitrogen and oxygen atoms in total. The van der Waals surface area contributed by atoms with E-state index >= 15 is 0 Å². The van der Waals surface area contributed by atoms with E-state index < -0.39 is 12.5 Å². The van der Waals surface area contributed by atoms with E-state index in [9.17, 15) is 13.6 Å². The van der Waals surface area contributed by atoms with Gasteiger partial charge in [0.25, 0.3) is 12.3 Å². The molecular weight excluding hydrogens is 408 g/mol. The first-order chi connectivity index (χ1) is 15.0. The Labute approximate surface area is 179 Å². The predicted molar refractivity (Wildman–Crippen MR) is 110 cm³/mol. The van der Waals surface area contributed by atoms with E-state index in [1.807, 2.05) is 19.1 Å². The predicted octanol–water partition coefficient (Wildman–Crippen LogP) is 2.90. The van der Waals surface area contributed by atoms with Crippen molar-refractivity contribution in [3.63, 3.8) is 0 Å². The SMILES string of the molecule is COc1cc(C)ccc1OCC(=O)N1CCCC([C@@H]2C[C@H](C(F)F)n3ncnc3N2)C1. The third-order valence-corrected chi connectivity index (χ3v) is 6.04. The van der Waals surface area contributed by atoms with Gasteiger partial charge in [0.2, 0.25) is 5.95 Å². The number of likely N-dealkylation sites (tertiary alicyclic amines) is 1. The van der Waals surface area contributed by atoms with E-state index in [4.69, 9.17) is 9.47 Å². The summed E-state index contributed by atoms with van der Waals surface area (Å²) in [5, 5.41) is 7.17. The number of amides is 1. The maximum absolute atomic E-state index is 13.6. The molecule has 31 heavy (non-hydrogen) atoms. The summed E-state index contributed by atoms with van der Waals surface area (Å²) in [6, 6.07) is 4.33. The second-order valence-corrected chi connectivity index (χ2v) is 8.10. The van der Waals surface area contributed by atoms with Gasteiger partial charge in [0.15, 0.2) is 18.1 Å². The van der Waals surface area contributed by atoms with E-state index in [2.05, 4.69) is 15.4 Å². The fraction of sp³-hybridized carbons (Fsp3) is 0.571.